The Balaban J connectivity index is 2.01. The van der Waals surface area contributed by atoms with Crippen LogP contribution in [0.15, 0.2) is 12.1 Å². The fourth-order valence-corrected chi connectivity index (χ4v) is 2.81. The third kappa shape index (κ3) is 2.73. The number of rotatable bonds is 2. The molecule has 3 rings (SSSR count). The summed E-state index contributed by atoms with van der Waals surface area (Å²) in [5, 5.41) is 14.8. The summed E-state index contributed by atoms with van der Waals surface area (Å²) in [7, 11) is 0. The monoisotopic (exact) mass is 293 g/mol. The zero-order valence-corrected chi connectivity index (χ0v) is 12.2. The van der Waals surface area contributed by atoms with Gasteiger partial charge < -0.3 is 19.7 Å². The second-order valence-corrected chi connectivity index (χ2v) is 5.97. The molecule has 0 bridgehead atoms. The Morgan fingerprint density at radius 2 is 1.95 bits per heavy atom. The van der Waals surface area contributed by atoms with Crippen LogP contribution in [0.4, 0.5) is 11.4 Å². The Kier molecular flexibility index (Phi) is 3.36. The number of nitrogens with one attached hydrogen (secondary N) is 1. The van der Waals surface area contributed by atoms with E-state index in [4.69, 9.17) is 9.47 Å². The summed E-state index contributed by atoms with van der Waals surface area (Å²) >= 11 is 0. The quantitative estimate of drug-likeness (QED) is 0.658. The van der Waals surface area contributed by atoms with Gasteiger partial charge in [-0.25, -0.2) is 0 Å². The van der Waals surface area contributed by atoms with E-state index in [1.54, 1.807) is 6.07 Å². The SMILES string of the molecule is CC1(C)CN(c2cc3c(cc2[N+](=O)[O-])OCCO3)CCN1. The number of nitrogens with zero attached hydrogens (tertiary/aromatic N) is 2. The Morgan fingerprint density at radius 1 is 1.29 bits per heavy atom. The van der Waals surface area contributed by atoms with Gasteiger partial charge in [0.15, 0.2) is 11.5 Å². The first kappa shape index (κ1) is 13.9. The summed E-state index contributed by atoms with van der Waals surface area (Å²) in [6.45, 7) is 7.28. The number of hydrogen-bond donors (Lipinski definition) is 1. The molecule has 0 aromatic heterocycles. The highest BCUT2D eigenvalue weighted by Gasteiger charge is 2.31. The summed E-state index contributed by atoms with van der Waals surface area (Å²) in [5.74, 6) is 1.03. The van der Waals surface area contributed by atoms with Gasteiger partial charge in [0.1, 0.15) is 18.9 Å². The van der Waals surface area contributed by atoms with Crippen LogP contribution >= 0.6 is 0 Å². The first-order valence-electron chi connectivity index (χ1n) is 7.04. The zero-order valence-electron chi connectivity index (χ0n) is 12.2. The van der Waals surface area contributed by atoms with Crippen LogP contribution in [-0.2, 0) is 0 Å². The van der Waals surface area contributed by atoms with E-state index in [1.165, 1.54) is 6.07 Å². The molecule has 0 spiro atoms. The van der Waals surface area contributed by atoms with E-state index in [2.05, 4.69) is 19.2 Å². The molecule has 21 heavy (non-hydrogen) atoms. The van der Waals surface area contributed by atoms with Crippen LogP contribution in [0, 0.1) is 10.1 Å². The highest BCUT2D eigenvalue weighted by Crippen LogP contribution is 2.41. The second-order valence-electron chi connectivity index (χ2n) is 5.97. The molecule has 1 fully saturated rings. The molecule has 2 heterocycles. The molecule has 0 radical (unpaired) electrons. The van der Waals surface area contributed by atoms with Gasteiger partial charge in [-0.3, -0.25) is 10.1 Å². The van der Waals surface area contributed by atoms with Crippen molar-refractivity contribution in [2.45, 2.75) is 19.4 Å². The largest absolute Gasteiger partial charge is 0.486 e. The highest BCUT2D eigenvalue weighted by atomic mass is 16.6. The highest BCUT2D eigenvalue weighted by molar-refractivity contribution is 5.70. The van der Waals surface area contributed by atoms with Crippen molar-refractivity contribution in [1.29, 1.82) is 0 Å². The molecule has 1 saturated heterocycles. The molecule has 1 aromatic carbocycles. The first-order valence-corrected chi connectivity index (χ1v) is 7.04. The van der Waals surface area contributed by atoms with Gasteiger partial charge in [0, 0.05) is 31.2 Å². The van der Waals surface area contributed by atoms with E-state index in [9.17, 15) is 10.1 Å². The minimum Gasteiger partial charge on any atom is -0.486 e. The number of piperazine rings is 1. The van der Waals surface area contributed by atoms with E-state index in [-0.39, 0.29) is 16.1 Å². The number of hydrogen-bond acceptors (Lipinski definition) is 6. The molecule has 0 saturated carbocycles. The zero-order chi connectivity index (χ0) is 15.0. The third-order valence-corrected chi connectivity index (χ3v) is 3.75. The number of ether oxygens (including phenoxy) is 2. The van der Waals surface area contributed by atoms with Crippen molar-refractivity contribution in [2.24, 2.45) is 0 Å². The molecule has 0 unspecified atom stereocenters. The van der Waals surface area contributed by atoms with Crippen molar-refractivity contribution in [2.75, 3.05) is 37.7 Å². The number of benzene rings is 1. The van der Waals surface area contributed by atoms with E-state index in [1.807, 2.05) is 4.90 Å². The van der Waals surface area contributed by atoms with Gasteiger partial charge in [-0.15, -0.1) is 0 Å². The van der Waals surface area contributed by atoms with Gasteiger partial charge in [0.2, 0.25) is 0 Å². The predicted molar refractivity (Wildman–Crippen MR) is 78.4 cm³/mol. The lowest BCUT2D eigenvalue weighted by atomic mass is 10.0. The lowest BCUT2D eigenvalue weighted by Gasteiger charge is -2.40. The van der Waals surface area contributed by atoms with Gasteiger partial charge in [0.25, 0.3) is 5.69 Å². The van der Waals surface area contributed by atoms with Crippen molar-refractivity contribution in [3.63, 3.8) is 0 Å². The molecule has 114 valence electrons. The van der Waals surface area contributed by atoms with Crippen LogP contribution in [0.3, 0.4) is 0 Å². The van der Waals surface area contributed by atoms with Crippen molar-refractivity contribution >= 4 is 11.4 Å². The van der Waals surface area contributed by atoms with Gasteiger partial charge in [-0.1, -0.05) is 0 Å². The first-order chi connectivity index (χ1) is 9.96. The van der Waals surface area contributed by atoms with Crippen LogP contribution in [0.1, 0.15) is 13.8 Å². The van der Waals surface area contributed by atoms with Crippen molar-refractivity contribution in [1.82, 2.24) is 5.32 Å². The Bertz CT molecular complexity index is 574. The predicted octanol–water partition coefficient (Wildman–Crippen LogP) is 1.55. The lowest BCUT2D eigenvalue weighted by molar-refractivity contribution is -0.384. The maximum Gasteiger partial charge on any atom is 0.296 e. The van der Waals surface area contributed by atoms with Gasteiger partial charge in [0.05, 0.1) is 11.0 Å². The minimum absolute atomic E-state index is 0.0666. The molecule has 1 N–H and O–H groups in total. The summed E-state index contributed by atoms with van der Waals surface area (Å²) in [4.78, 5) is 13.1. The molecular formula is C14H19N3O4. The molecule has 7 heteroatoms. The maximum absolute atomic E-state index is 11.4. The maximum atomic E-state index is 11.4. The van der Waals surface area contributed by atoms with Gasteiger partial charge in [-0.05, 0) is 13.8 Å². The van der Waals surface area contributed by atoms with Crippen LogP contribution in [0.2, 0.25) is 0 Å². The van der Waals surface area contributed by atoms with Crippen molar-refractivity contribution in [3.05, 3.63) is 22.2 Å². The summed E-state index contributed by atoms with van der Waals surface area (Å²) in [6.07, 6.45) is 0. The van der Waals surface area contributed by atoms with E-state index in [0.29, 0.717) is 36.9 Å². The normalized spacial score (nSPS) is 20.2. The molecule has 2 aliphatic rings. The van der Waals surface area contributed by atoms with Crippen LogP contribution in [-0.4, -0.2) is 43.3 Å². The van der Waals surface area contributed by atoms with Gasteiger partial charge >= 0.3 is 0 Å². The minimum atomic E-state index is -0.359. The van der Waals surface area contributed by atoms with Crippen molar-refractivity contribution in [3.8, 4) is 11.5 Å². The van der Waals surface area contributed by atoms with E-state index >= 15 is 0 Å². The van der Waals surface area contributed by atoms with Crippen LogP contribution in [0.5, 0.6) is 11.5 Å². The lowest BCUT2D eigenvalue weighted by Crippen LogP contribution is -2.57. The standard InChI is InChI=1S/C14H19N3O4/c1-14(2)9-16(4-3-15-14)10-7-12-13(21-6-5-20-12)8-11(10)17(18)19/h7-8,15H,3-6,9H2,1-2H3. The van der Waals surface area contributed by atoms with Gasteiger partial charge in [-0.2, -0.15) is 0 Å². The molecule has 2 aliphatic heterocycles. The fourth-order valence-electron chi connectivity index (χ4n) is 2.81. The number of fused-ring (bicyclic) bond motifs is 1. The topological polar surface area (TPSA) is 76.9 Å². The summed E-state index contributed by atoms with van der Waals surface area (Å²) in [5.41, 5.74) is 0.579. The van der Waals surface area contributed by atoms with Crippen LogP contribution < -0.4 is 19.7 Å². The summed E-state index contributed by atoms with van der Waals surface area (Å²) in [6, 6.07) is 3.20. The van der Waals surface area contributed by atoms with Crippen molar-refractivity contribution < 1.29 is 14.4 Å². The molecule has 7 nitrogen and oxygen atoms in total. The summed E-state index contributed by atoms with van der Waals surface area (Å²) < 4.78 is 11.0. The molecule has 0 amide bonds. The molecule has 0 atom stereocenters. The smallest absolute Gasteiger partial charge is 0.296 e. The Hall–Kier alpha value is -2.02. The number of nitro benzene ring substituents is 1. The Morgan fingerprint density at radius 3 is 2.57 bits per heavy atom. The molecular weight excluding hydrogens is 274 g/mol. The van der Waals surface area contributed by atoms with Crippen LogP contribution in [0.25, 0.3) is 0 Å². The average molecular weight is 293 g/mol. The number of anilines is 1. The molecule has 0 aliphatic carbocycles. The Labute approximate surface area is 123 Å². The van der Waals surface area contributed by atoms with E-state index in [0.717, 1.165) is 13.1 Å². The fraction of sp³-hybridized carbons (Fsp3) is 0.571. The number of nitro groups is 1. The second kappa shape index (κ2) is 5.07. The third-order valence-electron chi connectivity index (χ3n) is 3.75. The average Bonchev–Trinajstić information content (AvgIpc) is 2.44. The molecule has 1 aromatic rings. The van der Waals surface area contributed by atoms with E-state index < -0.39 is 0 Å².